The molecule has 0 spiro atoms. The van der Waals surface area contributed by atoms with Gasteiger partial charge in [0.25, 0.3) is 0 Å². The molecule has 56 heavy (non-hydrogen) atoms. The van der Waals surface area contributed by atoms with Crippen molar-refractivity contribution in [3.05, 3.63) is 200 Å². The molecule has 0 atom stereocenters. The zero-order valence-electron chi connectivity index (χ0n) is 30.3. The first kappa shape index (κ1) is 31.9. The largest absolute Gasteiger partial charge is 0.309 e. The lowest BCUT2D eigenvalue weighted by molar-refractivity contribution is 1.07. The highest BCUT2D eigenvalue weighted by Gasteiger charge is 2.22. The van der Waals surface area contributed by atoms with Gasteiger partial charge >= 0.3 is 0 Å². The Morgan fingerprint density at radius 1 is 0.286 bits per heavy atom. The molecule has 0 unspecified atom stereocenters. The molecule has 0 saturated heterocycles. The van der Waals surface area contributed by atoms with Crippen molar-refractivity contribution in [2.75, 3.05) is 0 Å². The van der Waals surface area contributed by atoms with E-state index in [4.69, 9.17) is 15.0 Å². The summed E-state index contributed by atoms with van der Waals surface area (Å²) in [5.74, 6) is 1.90. The molecule has 0 radical (unpaired) electrons. The third-order valence-corrected chi connectivity index (χ3v) is 10.8. The summed E-state index contributed by atoms with van der Waals surface area (Å²) in [6.45, 7) is 0. The van der Waals surface area contributed by atoms with E-state index < -0.39 is 0 Å². The zero-order valence-corrected chi connectivity index (χ0v) is 30.3. The van der Waals surface area contributed by atoms with Gasteiger partial charge in [0.05, 0.1) is 22.1 Å². The monoisotopic (exact) mass is 715 g/mol. The minimum atomic E-state index is 0.626. The van der Waals surface area contributed by atoms with Gasteiger partial charge in [-0.15, -0.1) is 0 Å². The molecule has 0 aliphatic heterocycles. The maximum absolute atomic E-state index is 5.14. The first-order chi connectivity index (χ1) is 27.8. The number of nitrogens with zero attached hydrogens (tertiary/aromatic N) is 5. The Kier molecular flexibility index (Phi) is 7.42. The van der Waals surface area contributed by atoms with Crippen molar-refractivity contribution in [2.24, 2.45) is 0 Å². The van der Waals surface area contributed by atoms with Crippen LogP contribution in [-0.4, -0.2) is 24.1 Å². The van der Waals surface area contributed by atoms with Crippen molar-refractivity contribution in [1.82, 2.24) is 24.1 Å². The molecule has 0 aliphatic carbocycles. The fourth-order valence-corrected chi connectivity index (χ4v) is 8.30. The highest BCUT2D eigenvalue weighted by atomic mass is 15.0. The maximum atomic E-state index is 5.14. The summed E-state index contributed by atoms with van der Waals surface area (Å²) in [5, 5.41) is 4.95. The molecule has 11 aromatic rings. The van der Waals surface area contributed by atoms with Crippen molar-refractivity contribution in [3.63, 3.8) is 0 Å². The summed E-state index contributed by atoms with van der Waals surface area (Å²) in [6, 6.07) is 70.3. The number of hydrogen-bond donors (Lipinski definition) is 0. The summed E-state index contributed by atoms with van der Waals surface area (Å²) in [7, 11) is 0. The van der Waals surface area contributed by atoms with Crippen LogP contribution >= 0.6 is 0 Å². The summed E-state index contributed by atoms with van der Waals surface area (Å²) in [5.41, 5.74) is 11.8. The summed E-state index contributed by atoms with van der Waals surface area (Å²) >= 11 is 0. The topological polar surface area (TPSA) is 48.5 Å². The third-order valence-electron chi connectivity index (χ3n) is 10.8. The van der Waals surface area contributed by atoms with Crippen LogP contribution in [0.15, 0.2) is 200 Å². The normalized spacial score (nSPS) is 11.6. The highest BCUT2D eigenvalue weighted by Crippen LogP contribution is 2.43. The molecule has 11 rings (SSSR count). The molecule has 0 N–H and O–H groups in total. The van der Waals surface area contributed by atoms with Crippen LogP contribution in [-0.2, 0) is 0 Å². The van der Waals surface area contributed by atoms with E-state index in [2.05, 4.69) is 149 Å². The van der Waals surface area contributed by atoms with Gasteiger partial charge in [-0.25, -0.2) is 15.0 Å². The van der Waals surface area contributed by atoms with Crippen LogP contribution < -0.4 is 0 Å². The minimum Gasteiger partial charge on any atom is -0.309 e. The fraction of sp³-hybridized carbons (Fsp3) is 0. The Balaban J connectivity index is 1.18. The number of hydrogen-bond acceptors (Lipinski definition) is 3. The van der Waals surface area contributed by atoms with Crippen LogP contribution in [0.5, 0.6) is 0 Å². The Bertz CT molecular complexity index is 3160. The van der Waals surface area contributed by atoms with E-state index in [1.165, 1.54) is 32.6 Å². The van der Waals surface area contributed by atoms with Crippen LogP contribution in [0.1, 0.15) is 0 Å². The van der Waals surface area contributed by atoms with Gasteiger partial charge in [0.2, 0.25) is 0 Å². The molecular weight excluding hydrogens is 683 g/mol. The van der Waals surface area contributed by atoms with Gasteiger partial charge in [-0.3, -0.25) is 0 Å². The first-order valence-corrected chi connectivity index (χ1v) is 18.9. The second kappa shape index (κ2) is 13.0. The Morgan fingerprint density at radius 3 is 1.25 bits per heavy atom. The maximum Gasteiger partial charge on any atom is 0.164 e. The summed E-state index contributed by atoms with van der Waals surface area (Å²) in [4.78, 5) is 15.2. The Labute approximate surface area is 323 Å². The SMILES string of the molecule is c1ccc(-c2nc(-c3ccccc3)nc(-c3ccc(-n4c5ccccc5c5c6c7ccccc7n(-c7ccccc7)c6ccc54)cc3-c3ccccc3)n2)cc1. The van der Waals surface area contributed by atoms with E-state index in [-0.39, 0.29) is 0 Å². The van der Waals surface area contributed by atoms with E-state index in [1.807, 2.05) is 60.7 Å². The second-order valence-corrected chi connectivity index (χ2v) is 14.0. The lowest BCUT2D eigenvalue weighted by atomic mass is 9.98. The van der Waals surface area contributed by atoms with E-state index in [0.717, 1.165) is 50.2 Å². The van der Waals surface area contributed by atoms with E-state index in [1.54, 1.807) is 0 Å². The van der Waals surface area contributed by atoms with Gasteiger partial charge in [-0.1, -0.05) is 146 Å². The van der Waals surface area contributed by atoms with Crippen LogP contribution in [0.3, 0.4) is 0 Å². The van der Waals surface area contributed by atoms with Gasteiger partial charge in [0, 0.05) is 49.6 Å². The lowest BCUT2D eigenvalue weighted by Gasteiger charge is -2.15. The van der Waals surface area contributed by atoms with E-state index >= 15 is 0 Å². The van der Waals surface area contributed by atoms with E-state index in [0.29, 0.717) is 17.5 Å². The number of benzene rings is 8. The third kappa shape index (κ3) is 5.13. The molecule has 0 bridgehead atoms. The van der Waals surface area contributed by atoms with Crippen LogP contribution in [0, 0.1) is 0 Å². The number of para-hydroxylation sites is 3. The van der Waals surface area contributed by atoms with Crippen molar-refractivity contribution in [1.29, 1.82) is 0 Å². The van der Waals surface area contributed by atoms with Crippen molar-refractivity contribution in [3.8, 4) is 56.7 Å². The second-order valence-electron chi connectivity index (χ2n) is 14.0. The molecule has 5 heteroatoms. The molecule has 3 heterocycles. The Hall–Kier alpha value is -7.63. The van der Waals surface area contributed by atoms with E-state index in [9.17, 15) is 0 Å². The highest BCUT2D eigenvalue weighted by molar-refractivity contribution is 6.28. The number of fused-ring (bicyclic) bond motifs is 7. The summed E-state index contributed by atoms with van der Waals surface area (Å²) in [6.07, 6.45) is 0. The van der Waals surface area contributed by atoms with Gasteiger partial charge in [-0.2, -0.15) is 0 Å². The predicted octanol–water partition coefficient (Wildman–Crippen LogP) is 12.7. The van der Waals surface area contributed by atoms with Crippen molar-refractivity contribution < 1.29 is 0 Å². The molecule has 0 fully saturated rings. The van der Waals surface area contributed by atoms with Crippen LogP contribution in [0.25, 0.3) is 100 Å². The molecule has 0 saturated carbocycles. The molecule has 0 amide bonds. The van der Waals surface area contributed by atoms with Crippen molar-refractivity contribution in [2.45, 2.75) is 0 Å². The smallest absolute Gasteiger partial charge is 0.164 e. The lowest BCUT2D eigenvalue weighted by Crippen LogP contribution is -2.02. The molecule has 262 valence electrons. The average molecular weight is 716 g/mol. The minimum absolute atomic E-state index is 0.626. The van der Waals surface area contributed by atoms with Gasteiger partial charge < -0.3 is 9.13 Å². The quantitative estimate of drug-likeness (QED) is 0.172. The predicted molar refractivity (Wildman–Crippen MR) is 230 cm³/mol. The van der Waals surface area contributed by atoms with Gasteiger partial charge in [0.1, 0.15) is 0 Å². The molecule has 3 aromatic heterocycles. The molecule has 5 nitrogen and oxygen atoms in total. The van der Waals surface area contributed by atoms with Crippen molar-refractivity contribution >= 4 is 43.6 Å². The standard InChI is InChI=1S/C51H33N5/c1-5-17-34(18-6-1)42-33-38(29-30-39(42)51-53-49(35-19-7-2-8-20-35)52-50(54-51)36-21-9-3-10-22-36)56-44-28-16-14-26-41(44)48-46(56)32-31-45-47(48)40-25-13-15-27-43(40)55(45)37-23-11-4-12-24-37/h1-33H. The van der Waals surface area contributed by atoms with Crippen LogP contribution in [0.2, 0.25) is 0 Å². The average Bonchev–Trinajstić information content (AvgIpc) is 3.80. The molecule has 8 aromatic carbocycles. The van der Waals surface area contributed by atoms with Gasteiger partial charge in [0.15, 0.2) is 17.5 Å². The molecule has 0 aliphatic rings. The number of rotatable bonds is 6. The Morgan fingerprint density at radius 2 is 0.714 bits per heavy atom. The van der Waals surface area contributed by atoms with Gasteiger partial charge in [-0.05, 0) is 65.7 Å². The number of aromatic nitrogens is 5. The zero-order chi connectivity index (χ0) is 37.0. The fourth-order valence-electron chi connectivity index (χ4n) is 8.30. The van der Waals surface area contributed by atoms with Crippen LogP contribution in [0.4, 0.5) is 0 Å². The molecular formula is C51H33N5. The first-order valence-electron chi connectivity index (χ1n) is 18.9. The summed E-state index contributed by atoms with van der Waals surface area (Å²) < 4.78 is 4.80.